The van der Waals surface area contributed by atoms with Crippen molar-refractivity contribution >= 4 is 17.9 Å². The molecule has 2 N–H and O–H groups in total. The summed E-state index contributed by atoms with van der Waals surface area (Å²) < 4.78 is 0. The molecule has 0 bridgehead atoms. The Labute approximate surface area is 82.3 Å². The van der Waals surface area contributed by atoms with Crippen molar-refractivity contribution in [1.82, 2.24) is 5.32 Å². The molecule has 4 heteroatoms. The van der Waals surface area contributed by atoms with Crippen molar-refractivity contribution in [3.05, 3.63) is 29.8 Å². The van der Waals surface area contributed by atoms with Crippen molar-refractivity contribution in [2.24, 2.45) is 0 Å². The first kappa shape index (κ1) is 10.2. The van der Waals surface area contributed by atoms with E-state index in [0.29, 0.717) is 11.8 Å². The lowest BCUT2D eigenvalue weighted by Gasteiger charge is -2.07. The lowest BCUT2D eigenvalue weighted by atomic mass is 10.1. The van der Waals surface area contributed by atoms with Gasteiger partial charge in [0.25, 0.3) is 5.91 Å². The maximum atomic E-state index is 11.5. The molecule has 0 unspecified atom stereocenters. The Kier molecular flexibility index (Phi) is 3.67. The largest absolute Gasteiger partial charge is 0.387 e. The van der Waals surface area contributed by atoms with E-state index >= 15 is 0 Å². The van der Waals surface area contributed by atoms with Gasteiger partial charge in [-0.15, -0.1) is 0 Å². The first-order valence-corrected chi connectivity index (χ1v) is 4.28. The fourth-order valence-electron chi connectivity index (χ4n) is 1.13. The van der Waals surface area contributed by atoms with Crippen LogP contribution < -0.4 is 10.6 Å². The summed E-state index contributed by atoms with van der Waals surface area (Å²) in [6.07, 6.45) is 0.653. The molecule has 0 saturated carbocycles. The fraction of sp³-hybridized carbons (Fsp3) is 0.200. The van der Waals surface area contributed by atoms with Crippen LogP contribution in [0.1, 0.15) is 10.4 Å². The second-order valence-corrected chi connectivity index (χ2v) is 2.67. The van der Waals surface area contributed by atoms with Crippen LogP contribution in [0.15, 0.2) is 24.3 Å². The first-order chi connectivity index (χ1) is 6.79. The van der Waals surface area contributed by atoms with E-state index in [1.165, 1.54) is 0 Å². The molecule has 1 rings (SSSR count). The monoisotopic (exact) mass is 192 g/mol. The second-order valence-electron chi connectivity index (χ2n) is 2.67. The van der Waals surface area contributed by atoms with Gasteiger partial charge in [-0.2, -0.15) is 0 Å². The van der Waals surface area contributed by atoms with Gasteiger partial charge in [0.2, 0.25) is 0 Å². The van der Waals surface area contributed by atoms with E-state index in [0.717, 1.165) is 5.69 Å². The quantitative estimate of drug-likeness (QED) is 0.689. The third kappa shape index (κ3) is 2.32. The van der Waals surface area contributed by atoms with Gasteiger partial charge in [0.15, 0.2) is 0 Å². The maximum absolute atomic E-state index is 11.5. The molecule has 1 aromatic carbocycles. The van der Waals surface area contributed by atoms with Gasteiger partial charge in [0.05, 0.1) is 12.1 Å². The van der Waals surface area contributed by atoms with Crippen LogP contribution in [0.4, 0.5) is 5.69 Å². The zero-order valence-electron chi connectivity index (χ0n) is 7.91. The van der Waals surface area contributed by atoms with E-state index in [4.69, 9.17) is 0 Å². The highest BCUT2D eigenvalue weighted by molar-refractivity contribution is 6.00. The van der Waals surface area contributed by atoms with Gasteiger partial charge in [-0.3, -0.25) is 4.79 Å². The number of carbonyl (C=O) groups is 2. The molecule has 1 amide bonds. The molecule has 1 aromatic rings. The van der Waals surface area contributed by atoms with Gasteiger partial charge in [0.1, 0.15) is 6.29 Å². The third-order valence-electron chi connectivity index (χ3n) is 1.79. The molecule has 0 fully saturated rings. The van der Waals surface area contributed by atoms with Crippen LogP contribution in [-0.2, 0) is 4.79 Å². The van der Waals surface area contributed by atoms with E-state index in [2.05, 4.69) is 10.6 Å². The Morgan fingerprint density at radius 1 is 1.43 bits per heavy atom. The van der Waals surface area contributed by atoms with Crippen LogP contribution in [0.25, 0.3) is 0 Å². The predicted molar refractivity (Wildman–Crippen MR) is 54.4 cm³/mol. The number of benzene rings is 1. The molecule has 0 aromatic heterocycles. The molecule has 0 saturated heterocycles. The molecule has 0 spiro atoms. The molecule has 0 radical (unpaired) electrons. The van der Waals surface area contributed by atoms with Gasteiger partial charge in [0, 0.05) is 12.7 Å². The SMILES string of the molecule is CNc1ccccc1C(=O)NCC=O. The first-order valence-electron chi connectivity index (χ1n) is 4.28. The number of hydrogen-bond donors (Lipinski definition) is 2. The smallest absolute Gasteiger partial charge is 0.253 e. The average molecular weight is 192 g/mol. The Hall–Kier alpha value is -1.84. The molecular weight excluding hydrogens is 180 g/mol. The number of para-hydroxylation sites is 1. The summed E-state index contributed by atoms with van der Waals surface area (Å²) in [5.74, 6) is -0.248. The highest BCUT2D eigenvalue weighted by Crippen LogP contribution is 2.13. The predicted octanol–water partition coefficient (Wildman–Crippen LogP) is 0.657. The lowest BCUT2D eigenvalue weighted by molar-refractivity contribution is -0.107. The molecular formula is C10H12N2O2. The molecule has 14 heavy (non-hydrogen) atoms. The Bertz CT molecular complexity index is 337. The summed E-state index contributed by atoms with van der Waals surface area (Å²) in [6, 6.07) is 7.11. The van der Waals surface area contributed by atoms with Gasteiger partial charge in [-0.05, 0) is 12.1 Å². The molecule has 0 atom stereocenters. The number of carbonyl (C=O) groups excluding carboxylic acids is 2. The summed E-state index contributed by atoms with van der Waals surface area (Å²) in [7, 11) is 1.74. The van der Waals surface area contributed by atoms with Crippen LogP contribution in [0.5, 0.6) is 0 Å². The van der Waals surface area contributed by atoms with Crippen molar-refractivity contribution < 1.29 is 9.59 Å². The Morgan fingerprint density at radius 2 is 2.14 bits per heavy atom. The lowest BCUT2D eigenvalue weighted by Crippen LogP contribution is -2.25. The minimum atomic E-state index is -0.248. The van der Waals surface area contributed by atoms with Crippen LogP contribution in [0.2, 0.25) is 0 Å². The molecule has 74 valence electrons. The Balaban J connectivity index is 2.82. The summed E-state index contributed by atoms with van der Waals surface area (Å²) in [6.45, 7) is 0.0386. The maximum Gasteiger partial charge on any atom is 0.253 e. The van der Waals surface area contributed by atoms with Gasteiger partial charge in [-0.25, -0.2) is 0 Å². The summed E-state index contributed by atoms with van der Waals surface area (Å²) in [5.41, 5.74) is 1.28. The van der Waals surface area contributed by atoms with Crippen LogP contribution in [0, 0.1) is 0 Å². The summed E-state index contributed by atoms with van der Waals surface area (Å²) >= 11 is 0. The van der Waals surface area contributed by atoms with E-state index in [9.17, 15) is 9.59 Å². The number of amides is 1. The van der Waals surface area contributed by atoms with Crippen molar-refractivity contribution in [3.63, 3.8) is 0 Å². The molecule has 0 aliphatic rings. The van der Waals surface area contributed by atoms with E-state index < -0.39 is 0 Å². The fourth-order valence-corrected chi connectivity index (χ4v) is 1.13. The minimum absolute atomic E-state index is 0.0386. The average Bonchev–Trinajstić information content (AvgIpc) is 2.25. The van der Waals surface area contributed by atoms with Crippen LogP contribution >= 0.6 is 0 Å². The molecule has 4 nitrogen and oxygen atoms in total. The zero-order valence-corrected chi connectivity index (χ0v) is 7.91. The van der Waals surface area contributed by atoms with Gasteiger partial charge in [-0.1, -0.05) is 12.1 Å². The van der Waals surface area contributed by atoms with Crippen molar-refractivity contribution in [2.45, 2.75) is 0 Å². The van der Waals surface area contributed by atoms with Gasteiger partial charge >= 0.3 is 0 Å². The van der Waals surface area contributed by atoms with E-state index in [1.807, 2.05) is 6.07 Å². The third-order valence-corrected chi connectivity index (χ3v) is 1.79. The topological polar surface area (TPSA) is 58.2 Å². The van der Waals surface area contributed by atoms with Crippen molar-refractivity contribution in [1.29, 1.82) is 0 Å². The molecule has 0 heterocycles. The number of aldehydes is 1. The van der Waals surface area contributed by atoms with E-state index in [1.54, 1.807) is 25.2 Å². The second kappa shape index (κ2) is 5.01. The Morgan fingerprint density at radius 3 is 2.79 bits per heavy atom. The number of hydrogen-bond acceptors (Lipinski definition) is 3. The number of nitrogens with one attached hydrogen (secondary N) is 2. The molecule has 0 aliphatic heterocycles. The summed E-state index contributed by atoms with van der Waals surface area (Å²) in [5, 5.41) is 5.38. The van der Waals surface area contributed by atoms with Crippen LogP contribution in [0.3, 0.4) is 0 Å². The van der Waals surface area contributed by atoms with Crippen molar-refractivity contribution in [2.75, 3.05) is 18.9 Å². The summed E-state index contributed by atoms with van der Waals surface area (Å²) in [4.78, 5) is 21.5. The molecule has 0 aliphatic carbocycles. The van der Waals surface area contributed by atoms with Crippen LogP contribution in [-0.4, -0.2) is 25.8 Å². The number of rotatable bonds is 4. The highest BCUT2D eigenvalue weighted by atomic mass is 16.2. The normalized spacial score (nSPS) is 9.21. The standard InChI is InChI=1S/C10H12N2O2/c1-11-9-5-3-2-4-8(9)10(14)12-6-7-13/h2-5,7,11H,6H2,1H3,(H,12,14). The van der Waals surface area contributed by atoms with E-state index in [-0.39, 0.29) is 12.5 Å². The van der Waals surface area contributed by atoms with Gasteiger partial charge < -0.3 is 15.4 Å². The van der Waals surface area contributed by atoms with Crippen molar-refractivity contribution in [3.8, 4) is 0 Å². The highest BCUT2D eigenvalue weighted by Gasteiger charge is 2.08. The zero-order chi connectivity index (χ0) is 10.4. The minimum Gasteiger partial charge on any atom is -0.387 e. The number of anilines is 1.